The Morgan fingerprint density at radius 2 is 1.64 bits per heavy atom. The maximum absolute atomic E-state index is 14.1. The molecule has 2 aliphatic heterocycles. The number of rotatable bonds is 8. The van der Waals surface area contributed by atoms with E-state index in [1.165, 1.54) is 12.8 Å². The zero-order chi connectivity index (χ0) is 29.7. The number of halogens is 2. The first-order chi connectivity index (χ1) is 20.0. The molecule has 1 aromatic heterocycles. The minimum absolute atomic E-state index is 0.131. The minimum Gasteiger partial charge on any atom is -0.395 e. The van der Waals surface area contributed by atoms with Crippen molar-refractivity contribution in [1.82, 2.24) is 9.97 Å². The molecule has 1 saturated carbocycles. The van der Waals surface area contributed by atoms with Gasteiger partial charge < -0.3 is 20.2 Å². The first-order valence-corrected chi connectivity index (χ1v) is 16.5. The zero-order valence-corrected chi connectivity index (χ0v) is 24.7. The van der Waals surface area contributed by atoms with E-state index in [4.69, 9.17) is 0 Å². The van der Waals surface area contributed by atoms with E-state index >= 15 is 0 Å². The molecule has 4 aliphatic rings. The number of carbonyl (C=O) groups is 1. The van der Waals surface area contributed by atoms with Crippen LogP contribution in [0.25, 0.3) is 0 Å². The third kappa shape index (κ3) is 6.03. The van der Waals surface area contributed by atoms with Crippen molar-refractivity contribution in [3.63, 3.8) is 0 Å². The molecule has 3 fully saturated rings. The molecule has 2 saturated heterocycles. The van der Waals surface area contributed by atoms with Crippen molar-refractivity contribution in [2.75, 3.05) is 58.4 Å². The molecular formula is C29H38F2N6O4S. The fourth-order valence-electron chi connectivity index (χ4n) is 6.57. The van der Waals surface area contributed by atoms with Gasteiger partial charge >= 0.3 is 0 Å². The van der Waals surface area contributed by atoms with Crippen LogP contribution in [0.3, 0.4) is 0 Å². The van der Waals surface area contributed by atoms with Crippen LogP contribution in [0.1, 0.15) is 72.1 Å². The van der Waals surface area contributed by atoms with E-state index in [0.29, 0.717) is 52.7 Å². The summed E-state index contributed by atoms with van der Waals surface area (Å²) in [7, 11) is -3.76. The van der Waals surface area contributed by atoms with Gasteiger partial charge in [0.2, 0.25) is 16.0 Å². The number of aliphatic hydroxyl groups is 1. The van der Waals surface area contributed by atoms with Gasteiger partial charge in [0, 0.05) is 50.8 Å². The monoisotopic (exact) mass is 604 g/mol. The number of amides is 1. The number of aliphatic hydroxyl groups excluding tert-OH is 1. The summed E-state index contributed by atoms with van der Waals surface area (Å²) in [5.74, 6) is -2.84. The standard InChI is InChI=1S/C29H38F2N6O4S/c1-19-17-24(34-27(32-19)37-13-9-29(30,31)10-14-37)33-26(39)25-21-4-2-3-20(21)22(35-42(40,41)16-15-38)18-23(25)36-11-7-28(5-6-28)8-12-36/h17-18,35,38H,2-16H2,1H3,(H,32,33,34,39). The van der Waals surface area contributed by atoms with Gasteiger partial charge in [0.15, 0.2) is 0 Å². The number of nitrogens with one attached hydrogen (secondary N) is 2. The Bertz CT molecular complexity index is 1480. The molecule has 13 heteroatoms. The van der Waals surface area contributed by atoms with E-state index in [-0.39, 0.29) is 31.8 Å². The van der Waals surface area contributed by atoms with Crippen LogP contribution in [0.4, 0.5) is 31.9 Å². The maximum atomic E-state index is 14.1. The van der Waals surface area contributed by atoms with Crippen molar-refractivity contribution in [1.29, 1.82) is 0 Å². The van der Waals surface area contributed by atoms with Gasteiger partial charge in [-0.15, -0.1) is 0 Å². The fourth-order valence-corrected chi connectivity index (χ4v) is 7.43. The number of aromatic nitrogens is 2. The molecule has 6 rings (SSSR count). The molecular weight excluding hydrogens is 566 g/mol. The van der Waals surface area contributed by atoms with Crippen LogP contribution in [0.15, 0.2) is 12.1 Å². The van der Waals surface area contributed by atoms with Gasteiger partial charge in [-0.1, -0.05) is 0 Å². The first-order valence-electron chi connectivity index (χ1n) is 14.8. The summed E-state index contributed by atoms with van der Waals surface area (Å²) in [6.07, 6.45) is 6.03. The Kier molecular flexibility index (Phi) is 7.53. The summed E-state index contributed by atoms with van der Waals surface area (Å²) < 4.78 is 55.4. The predicted octanol–water partition coefficient (Wildman–Crippen LogP) is 3.88. The summed E-state index contributed by atoms with van der Waals surface area (Å²) >= 11 is 0. The smallest absolute Gasteiger partial charge is 0.259 e. The van der Waals surface area contributed by atoms with Crippen LogP contribution >= 0.6 is 0 Å². The van der Waals surface area contributed by atoms with Crippen molar-refractivity contribution >= 4 is 39.1 Å². The molecule has 0 unspecified atom stereocenters. The van der Waals surface area contributed by atoms with Crippen molar-refractivity contribution < 1.29 is 27.1 Å². The van der Waals surface area contributed by atoms with Crippen LogP contribution in [0, 0.1) is 12.3 Å². The third-order valence-corrected chi connectivity index (χ3v) is 10.5. The average Bonchev–Trinajstić information content (AvgIpc) is 3.48. The molecule has 42 heavy (non-hydrogen) atoms. The molecule has 0 atom stereocenters. The second-order valence-corrected chi connectivity index (χ2v) is 14.1. The van der Waals surface area contributed by atoms with E-state index in [2.05, 4.69) is 24.9 Å². The highest BCUT2D eigenvalue weighted by Gasteiger charge is 2.45. The zero-order valence-electron chi connectivity index (χ0n) is 23.9. The van der Waals surface area contributed by atoms with Crippen LogP contribution in [0.5, 0.6) is 0 Å². The lowest BCUT2D eigenvalue weighted by molar-refractivity contribution is -0.0222. The second kappa shape index (κ2) is 10.9. The molecule has 3 heterocycles. The van der Waals surface area contributed by atoms with Gasteiger partial charge in [-0.05, 0) is 74.5 Å². The van der Waals surface area contributed by atoms with Crippen LogP contribution in [-0.2, 0) is 22.9 Å². The molecule has 3 N–H and O–H groups in total. The Morgan fingerprint density at radius 1 is 0.976 bits per heavy atom. The molecule has 1 spiro atoms. The van der Waals surface area contributed by atoms with Gasteiger partial charge in [-0.2, -0.15) is 4.98 Å². The van der Waals surface area contributed by atoms with E-state index in [9.17, 15) is 27.1 Å². The Labute approximate surface area is 245 Å². The second-order valence-electron chi connectivity index (χ2n) is 12.3. The predicted molar refractivity (Wildman–Crippen MR) is 157 cm³/mol. The molecule has 2 aliphatic carbocycles. The van der Waals surface area contributed by atoms with Gasteiger partial charge in [0.05, 0.1) is 29.3 Å². The number of aryl methyl sites for hydroxylation is 1. The molecule has 0 radical (unpaired) electrons. The van der Waals surface area contributed by atoms with E-state index < -0.39 is 28.3 Å². The lowest BCUT2D eigenvalue weighted by Gasteiger charge is -2.36. The number of benzene rings is 1. The van der Waals surface area contributed by atoms with Gasteiger partial charge in [0.1, 0.15) is 5.82 Å². The number of piperidine rings is 2. The first kappa shape index (κ1) is 29.0. The Balaban J connectivity index is 1.34. The van der Waals surface area contributed by atoms with Crippen molar-refractivity contribution in [3.05, 3.63) is 34.5 Å². The fraction of sp³-hybridized carbons (Fsp3) is 0.621. The lowest BCUT2D eigenvalue weighted by atomic mass is 9.91. The number of carbonyl (C=O) groups excluding carboxylic acids is 1. The topological polar surface area (TPSA) is 128 Å². The summed E-state index contributed by atoms with van der Waals surface area (Å²) in [5, 5.41) is 12.2. The highest BCUT2D eigenvalue weighted by Crippen LogP contribution is 2.54. The van der Waals surface area contributed by atoms with Crippen LogP contribution < -0.4 is 19.8 Å². The summed E-state index contributed by atoms with van der Waals surface area (Å²) in [6, 6.07) is 3.44. The van der Waals surface area contributed by atoms with E-state index in [0.717, 1.165) is 43.5 Å². The van der Waals surface area contributed by atoms with Crippen molar-refractivity contribution in [3.8, 4) is 0 Å². The number of fused-ring (bicyclic) bond motifs is 1. The minimum atomic E-state index is -3.76. The Morgan fingerprint density at radius 3 is 2.31 bits per heavy atom. The average molecular weight is 605 g/mol. The molecule has 1 aromatic carbocycles. The molecule has 10 nitrogen and oxygen atoms in total. The quantitative estimate of drug-likeness (QED) is 0.415. The highest BCUT2D eigenvalue weighted by molar-refractivity contribution is 7.92. The van der Waals surface area contributed by atoms with Gasteiger partial charge in [0.25, 0.3) is 11.8 Å². The number of sulfonamides is 1. The largest absolute Gasteiger partial charge is 0.395 e. The maximum Gasteiger partial charge on any atom is 0.259 e. The number of alkyl halides is 2. The lowest BCUT2D eigenvalue weighted by Crippen LogP contribution is -2.40. The third-order valence-electron chi connectivity index (χ3n) is 9.22. The molecule has 228 valence electrons. The number of hydrogen-bond acceptors (Lipinski definition) is 8. The van der Waals surface area contributed by atoms with Crippen LogP contribution in [-0.4, -0.2) is 73.9 Å². The number of anilines is 4. The molecule has 2 aromatic rings. The van der Waals surface area contributed by atoms with Gasteiger partial charge in [-0.3, -0.25) is 9.52 Å². The molecule has 1 amide bonds. The molecule has 0 bridgehead atoms. The number of hydrogen-bond donors (Lipinski definition) is 3. The van der Waals surface area contributed by atoms with E-state index in [1.807, 2.05) is 0 Å². The van der Waals surface area contributed by atoms with Gasteiger partial charge in [-0.25, -0.2) is 22.2 Å². The SMILES string of the molecule is Cc1cc(NC(=O)c2c(N3CCC4(CC3)CC4)cc(NS(=O)(=O)CCO)c3c2CCC3)nc(N2CCC(F)(F)CC2)n1. The summed E-state index contributed by atoms with van der Waals surface area (Å²) in [5.41, 5.74) is 4.32. The van der Waals surface area contributed by atoms with E-state index in [1.54, 1.807) is 24.0 Å². The van der Waals surface area contributed by atoms with Crippen LogP contribution in [0.2, 0.25) is 0 Å². The summed E-state index contributed by atoms with van der Waals surface area (Å²) in [4.78, 5) is 27.0. The normalized spacial score (nSPS) is 20.9. The van der Waals surface area contributed by atoms with Crippen molar-refractivity contribution in [2.24, 2.45) is 5.41 Å². The number of nitrogens with zero attached hydrogens (tertiary/aromatic N) is 4. The summed E-state index contributed by atoms with van der Waals surface area (Å²) in [6.45, 7) is 3.10. The van der Waals surface area contributed by atoms with Crippen molar-refractivity contribution in [2.45, 2.75) is 70.6 Å². The Hall–Kier alpha value is -3.06. The highest BCUT2D eigenvalue weighted by atomic mass is 32.2.